The van der Waals surface area contributed by atoms with Crippen LogP contribution in [0.15, 0.2) is 60.9 Å². The van der Waals surface area contributed by atoms with E-state index < -0.39 is 17.6 Å². The van der Waals surface area contributed by atoms with Gasteiger partial charge in [-0.25, -0.2) is 0 Å². The minimum atomic E-state index is -4.50. The van der Waals surface area contributed by atoms with Gasteiger partial charge in [-0.3, -0.25) is 9.36 Å². The number of carbonyl (C=O) groups excluding carboxylic acids is 1. The van der Waals surface area contributed by atoms with E-state index >= 15 is 0 Å². The fraction of sp³-hybridized carbons (Fsp3) is 0.0588. The summed E-state index contributed by atoms with van der Waals surface area (Å²) >= 11 is 5.14. The minimum absolute atomic E-state index is 0.0708. The summed E-state index contributed by atoms with van der Waals surface area (Å²) in [6.45, 7) is 0. The van der Waals surface area contributed by atoms with Crippen molar-refractivity contribution in [1.29, 1.82) is 0 Å². The van der Waals surface area contributed by atoms with Gasteiger partial charge in [-0.05, 0) is 48.6 Å². The summed E-state index contributed by atoms with van der Waals surface area (Å²) in [7, 11) is 0. The van der Waals surface area contributed by atoms with Gasteiger partial charge < -0.3 is 10.3 Å². The molecule has 1 aromatic heterocycles. The molecule has 2 aromatic carbocycles. The summed E-state index contributed by atoms with van der Waals surface area (Å²) < 4.78 is 40.5. The van der Waals surface area contributed by atoms with Crippen LogP contribution in [0.25, 0.3) is 5.69 Å². The molecule has 0 aliphatic heterocycles. The zero-order valence-corrected chi connectivity index (χ0v) is 13.5. The van der Waals surface area contributed by atoms with Crippen molar-refractivity contribution in [3.8, 4) is 5.69 Å². The average Bonchev–Trinajstić information content (AvgIpc) is 3.00. The van der Waals surface area contributed by atoms with Gasteiger partial charge in [-0.15, -0.1) is 0 Å². The van der Waals surface area contributed by atoms with E-state index in [1.54, 1.807) is 41.2 Å². The maximum absolute atomic E-state index is 12.8. The SMILES string of the molecule is O=C(Nc1cccc(-n2cc[nH]c2=S)c1)c1cccc(C(F)(F)F)c1. The number of hydrogen-bond acceptors (Lipinski definition) is 2. The highest BCUT2D eigenvalue weighted by Gasteiger charge is 2.30. The lowest BCUT2D eigenvalue weighted by Crippen LogP contribution is -2.14. The lowest BCUT2D eigenvalue weighted by atomic mass is 10.1. The van der Waals surface area contributed by atoms with Gasteiger partial charge in [0.1, 0.15) is 0 Å². The van der Waals surface area contributed by atoms with Crippen LogP contribution in [-0.4, -0.2) is 15.5 Å². The second-order valence-electron chi connectivity index (χ2n) is 5.22. The second-order valence-corrected chi connectivity index (χ2v) is 5.60. The molecule has 0 spiro atoms. The lowest BCUT2D eigenvalue weighted by Gasteiger charge is -2.10. The maximum Gasteiger partial charge on any atom is 0.416 e. The van der Waals surface area contributed by atoms with Gasteiger partial charge in [0.25, 0.3) is 5.91 Å². The van der Waals surface area contributed by atoms with Crippen molar-refractivity contribution >= 4 is 23.8 Å². The van der Waals surface area contributed by atoms with Crippen LogP contribution in [0.5, 0.6) is 0 Å². The molecule has 1 amide bonds. The molecule has 2 N–H and O–H groups in total. The molecular formula is C17H12F3N3OS. The Labute approximate surface area is 145 Å². The van der Waals surface area contributed by atoms with Crippen LogP contribution < -0.4 is 5.32 Å². The summed E-state index contributed by atoms with van der Waals surface area (Å²) in [6, 6.07) is 11.1. The van der Waals surface area contributed by atoms with Crippen molar-refractivity contribution in [3.63, 3.8) is 0 Å². The van der Waals surface area contributed by atoms with Crippen molar-refractivity contribution in [1.82, 2.24) is 9.55 Å². The molecule has 0 unspecified atom stereocenters. The quantitative estimate of drug-likeness (QED) is 0.657. The Balaban J connectivity index is 1.85. The smallest absolute Gasteiger partial charge is 0.337 e. The number of anilines is 1. The van der Waals surface area contributed by atoms with Crippen molar-refractivity contribution in [2.75, 3.05) is 5.32 Å². The molecule has 0 saturated heterocycles. The summed E-state index contributed by atoms with van der Waals surface area (Å²) in [5, 5.41) is 2.59. The van der Waals surface area contributed by atoms with Crippen LogP contribution in [0, 0.1) is 4.77 Å². The number of H-pyrrole nitrogens is 1. The number of halogens is 3. The van der Waals surface area contributed by atoms with Gasteiger partial charge in [0, 0.05) is 29.3 Å². The number of amides is 1. The largest absolute Gasteiger partial charge is 0.416 e. The molecule has 0 bridgehead atoms. The van der Waals surface area contributed by atoms with Crippen LogP contribution >= 0.6 is 12.2 Å². The number of imidazole rings is 1. The molecule has 4 nitrogen and oxygen atoms in total. The average molecular weight is 363 g/mol. The third-order valence-corrected chi connectivity index (χ3v) is 3.80. The number of nitrogens with zero attached hydrogens (tertiary/aromatic N) is 1. The van der Waals surface area contributed by atoms with Gasteiger partial charge >= 0.3 is 6.18 Å². The monoisotopic (exact) mass is 363 g/mol. The maximum atomic E-state index is 12.8. The van der Waals surface area contributed by atoms with Gasteiger partial charge in [-0.1, -0.05) is 12.1 Å². The number of aromatic amines is 1. The second kappa shape index (κ2) is 6.56. The number of nitrogens with one attached hydrogen (secondary N) is 2. The first kappa shape index (κ1) is 17.0. The van der Waals surface area contributed by atoms with Crippen molar-refractivity contribution in [2.45, 2.75) is 6.18 Å². The van der Waals surface area contributed by atoms with E-state index in [1.807, 2.05) is 0 Å². The molecule has 128 valence electrons. The summed E-state index contributed by atoms with van der Waals surface area (Å²) in [6.07, 6.45) is -1.09. The molecule has 8 heteroatoms. The topological polar surface area (TPSA) is 49.8 Å². The van der Waals surface area contributed by atoms with Gasteiger partial charge in [0.2, 0.25) is 0 Å². The summed E-state index contributed by atoms with van der Waals surface area (Å²) in [5.74, 6) is -0.624. The van der Waals surface area contributed by atoms with Crippen LogP contribution in [-0.2, 0) is 6.18 Å². The number of benzene rings is 2. The summed E-state index contributed by atoms with van der Waals surface area (Å²) in [4.78, 5) is 15.1. The molecule has 3 aromatic rings. The molecule has 25 heavy (non-hydrogen) atoms. The molecule has 0 aliphatic rings. The highest BCUT2D eigenvalue weighted by Crippen LogP contribution is 2.29. The van der Waals surface area contributed by atoms with Crippen LogP contribution in [0.4, 0.5) is 18.9 Å². The van der Waals surface area contributed by atoms with E-state index in [9.17, 15) is 18.0 Å². The minimum Gasteiger partial charge on any atom is -0.337 e. The Hall–Kier alpha value is -2.87. The first-order chi connectivity index (χ1) is 11.8. The van der Waals surface area contributed by atoms with Crippen molar-refractivity contribution in [2.24, 2.45) is 0 Å². The Kier molecular flexibility index (Phi) is 4.45. The van der Waals surface area contributed by atoms with E-state index in [4.69, 9.17) is 12.2 Å². The Bertz CT molecular complexity index is 975. The number of aromatic nitrogens is 2. The number of carbonyl (C=O) groups is 1. The van der Waals surface area contributed by atoms with Crippen molar-refractivity contribution < 1.29 is 18.0 Å². The Morgan fingerprint density at radius 3 is 2.56 bits per heavy atom. The zero-order valence-electron chi connectivity index (χ0n) is 12.7. The molecule has 0 atom stereocenters. The number of alkyl halides is 3. The molecule has 3 rings (SSSR count). The van der Waals surface area contributed by atoms with Crippen LogP contribution in [0.1, 0.15) is 15.9 Å². The lowest BCUT2D eigenvalue weighted by molar-refractivity contribution is -0.137. The first-order valence-corrected chi connectivity index (χ1v) is 7.60. The third-order valence-electron chi connectivity index (χ3n) is 3.48. The summed E-state index contributed by atoms with van der Waals surface area (Å²) in [5.41, 5.74) is 0.224. The predicted octanol–water partition coefficient (Wildman–Crippen LogP) is 4.81. The van der Waals surface area contributed by atoms with Crippen LogP contribution in [0.3, 0.4) is 0 Å². The molecule has 0 fully saturated rings. The molecule has 0 aliphatic carbocycles. The molecule has 0 radical (unpaired) electrons. The zero-order chi connectivity index (χ0) is 18.0. The van der Waals surface area contributed by atoms with E-state index in [-0.39, 0.29) is 5.56 Å². The molecule has 1 heterocycles. The number of hydrogen-bond donors (Lipinski definition) is 2. The Morgan fingerprint density at radius 2 is 1.88 bits per heavy atom. The highest BCUT2D eigenvalue weighted by molar-refractivity contribution is 7.71. The van der Waals surface area contributed by atoms with Gasteiger partial charge in [0.05, 0.1) is 5.56 Å². The van der Waals surface area contributed by atoms with Gasteiger partial charge in [0.15, 0.2) is 4.77 Å². The molecular weight excluding hydrogens is 351 g/mol. The Morgan fingerprint density at radius 1 is 1.12 bits per heavy atom. The third kappa shape index (κ3) is 3.80. The predicted molar refractivity (Wildman–Crippen MR) is 90.4 cm³/mol. The van der Waals surface area contributed by atoms with E-state index in [0.29, 0.717) is 16.1 Å². The van der Waals surface area contributed by atoms with Crippen molar-refractivity contribution in [3.05, 3.63) is 76.8 Å². The fourth-order valence-corrected chi connectivity index (χ4v) is 2.53. The standard InChI is InChI=1S/C17H12F3N3OS/c18-17(19,20)12-4-1-3-11(9-12)15(24)22-13-5-2-6-14(10-13)23-8-7-21-16(23)25/h1-10H,(H,21,25)(H,22,24). The van der Waals surface area contributed by atoms with Gasteiger partial charge in [-0.2, -0.15) is 13.2 Å². The molecule has 0 saturated carbocycles. The van der Waals surface area contributed by atoms with Crippen LogP contribution in [0.2, 0.25) is 0 Å². The number of rotatable bonds is 3. The first-order valence-electron chi connectivity index (χ1n) is 7.20. The van der Waals surface area contributed by atoms with E-state index in [1.165, 1.54) is 12.1 Å². The van der Waals surface area contributed by atoms with E-state index in [0.717, 1.165) is 12.1 Å². The highest BCUT2D eigenvalue weighted by atomic mass is 32.1. The fourth-order valence-electron chi connectivity index (χ4n) is 2.30. The van der Waals surface area contributed by atoms with E-state index in [2.05, 4.69) is 10.3 Å². The normalized spacial score (nSPS) is 11.3.